The van der Waals surface area contributed by atoms with E-state index in [0.717, 1.165) is 29.4 Å². The smallest absolute Gasteiger partial charge is 0.253 e. The standard InChI is InChI=1S/C24H24N2O3/c1-29-20-11-9-18(10-12-20)24(28)26-15-13-19(14-16-26)25-23(27)22-8-4-6-17-5-2-3-7-21(17)22/h2-12,19H,13-16H2,1H3,(H,25,27). The van der Waals surface area contributed by atoms with Crippen LogP contribution in [0, 0.1) is 0 Å². The molecule has 5 heteroatoms. The lowest BCUT2D eigenvalue weighted by Crippen LogP contribution is -2.46. The Morgan fingerprint density at radius 3 is 2.34 bits per heavy atom. The first-order valence-electron chi connectivity index (χ1n) is 9.87. The minimum atomic E-state index is -0.0540. The fraction of sp³-hybridized carbons (Fsp3) is 0.250. The number of carbonyl (C=O) groups is 2. The molecule has 0 bridgehead atoms. The zero-order valence-electron chi connectivity index (χ0n) is 16.4. The Labute approximate surface area is 170 Å². The van der Waals surface area contributed by atoms with Crippen molar-refractivity contribution in [2.45, 2.75) is 18.9 Å². The van der Waals surface area contributed by atoms with Crippen molar-refractivity contribution in [3.8, 4) is 5.75 Å². The predicted molar refractivity (Wildman–Crippen MR) is 113 cm³/mol. The number of carbonyl (C=O) groups excluding carboxylic acids is 2. The molecule has 0 saturated carbocycles. The Hall–Kier alpha value is -3.34. The predicted octanol–water partition coefficient (Wildman–Crippen LogP) is 3.88. The molecule has 1 aliphatic rings. The van der Waals surface area contributed by atoms with Gasteiger partial charge in [-0.05, 0) is 53.9 Å². The van der Waals surface area contributed by atoms with E-state index in [4.69, 9.17) is 4.74 Å². The van der Waals surface area contributed by atoms with Gasteiger partial charge in [0.25, 0.3) is 11.8 Å². The molecule has 0 spiro atoms. The fourth-order valence-electron chi connectivity index (χ4n) is 3.83. The molecule has 3 aromatic rings. The van der Waals surface area contributed by atoms with Crippen molar-refractivity contribution in [2.75, 3.05) is 20.2 Å². The summed E-state index contributed by atoms with van der Waals surface area (Å²) < 4.78 is 5.14. The maximum Gasteiger partial charge on any atom is 0.253 e. The van der Waals surface area contributed by atoms with Crippen LogP contribution in [-0.2, 0) is 0 Å². The number of fused-ring (bicyclic) bond motifs is 1. The second kappa shape index (κ2) is 8.35. The van der Waals surface area contributed by atoms with Gasteiger partial charge in [-0.1, -0.05) is 36.4 Å². The van der Waals surface area contributed by atoms with Gasteiger partial charge in [-0.15, -0.1) is 0 Å². The highest BCUT2D eigenvalue weighted by Gasteiger charge is 2.25. The van der Waals surface area contributed by atoms with Crippen LogP contribution in [0.4, 0.5) is 0 Å². The van der Waals surface area contributed by atoms with Crippen molar-refractivity contribution in [2.24, 2.45) is 0 Å². The number of likely N-dealkylation sites (tertiary alicyclic amines) is 1. The first-order valence-corrected chi connectivity index (χ1v) is 9.87. The molecular weight excluding hydrogens is 364 g/mol. The quantitative estimate of drug-likeness (QED) is 0.738. The van der Waals surface area contributed by atoms with Gasteiger partial charge in [0.1, 0.15) is 5.75 Å². The van der Waals surface area contributed by atoms with Crippen LogP contribution < -0.4 is 10.1 Å². The monoisotopic (exact) mass is 388 g/mol. The summed E-state index contributed by atoms with van der Waals surface area (Å²) in [5, 5.41) is 5.16. The molecule has 5 nitrogen and oxygen atoms in total. The molecule has 1 N–H and O–H groups in total. The summed E-state index contributed by atoms with van der Waals surface area (Å²) in [7, 11) is 1.61. The molecule has 3 aromatic carbocycles. The van der Waals surface area contributed by atoms with E-state index in [-0.39, 0.29) is 17.9 Å². The van der Waals surface area contributed by atoms with Crippen LogP contribution in [0.5, 0.6) is 5.75 Å². The number of hydrogen-bond donors (Lipinski definition) is 1. The second-order valence-corrected chi connectivity index (χ2v) is 7.30. The molecule has 148 valence electrons. The topological polar surface area (TPSA) is 58.6 Å². The van der Waals surface area contributed by atoms with Crippen LogP contribution in [0.15, 0.2) is 66.7 Å². The maximum atomic E-state index is 12.8. The minimum Gasteiger partial charge on any atom is -0.497 e. The maximum absolute atomic E-state index is 12.8. The lowest BCUT2D eigenvalue weighted by Gasteiger charge is -2.32. The van der Waals surface area contributed by atoms with E-state index in [1.54, 1.807) is 31.4 Å². The molecule has 0 radical (unpaired) electrons. The third-order valence-corrected chi connectivity index (χ3v) is 5.49. The molecule has 29 heavy (non-hydrogen) atoms. The largest absolute Gasteiger partial charge is 0.497 e. The highest BCUT2D eigenvalue weighted by molar-refractivity contribution is 6.07. The Morgan fingerprint density at radius 2 is 1.62 bits per heavy atom. The molecule has 0 aliphatic carbocycles. The zero-order valence-corrected chi connectivity index (χ0v) is 16.4. The van der Waals surface area contributed by atoms with Gasteiger partial charge in [0.2, 0.25) is 0 Å². The summed E-state index contributed by atoms with van der Waals surface area (Å²) in [6.45, 7) is 1.26. The van der Waals surface area contributed by atoms with Gasteiger partial charge < -0.3 is 15.0 Å². The van der Waals surface area contributed by atoms with Crippen molar-refractivity contribution in [1.29, 1.82) is 0 Å². The summed E-state index contributed by atoms with van der Waals surface area (Å²) >= 11 is 0. The van der Waals surface area contributed by atoms with E-state index in [1.165, 1.54) is 0 Å². The molecule has 0 atom stereocenters. The van der Waals surface area contributed by atoms with Gasteiger partial charge in [-0.2, -0.15) is 0 Å². The highest BCUT2D eigenvalue weighted by atomic mass is 16.5. The number of rotatable bonds is 4. The van der Waals surface area contributed by atoms with E-state index in [1.807, 2.05) is 47.4 Å². The summed E-state index contributed by atoms with van der Waals surface area (Å²) in [5.41, 5.74) is 1.35. The average Bonchev–Trinajstić information content (AvgIpc) is 2.78. The molecule has 1 aliphatic heterocycles. The first-order chi connectivity index (χ1) is 14.2. The Kier molecular flexibility index (Phi) is 5.47. The Morgan fingerprint density at radius 1 is 0.931 bits per heavy atom. The average molecular weight is 388 g/mol. The number of ether oxygens (including phenoxy) is 1. The van der Waals surface area contributed by atoms with E-state index >= 15 is 0 Å². The van der Waals surface area contributed by atoms with E-state index < -0.39 is 0 Å². The molecule has 4 rings (SSSR count). The number of amides is 2. The second-order valence-electron chi connectivity index (χ2n) is 7.30. The molecule has 2 amide bonds. The van der Waals surface area contributed by atoms with Crippen molar-refractivity contribution in [3.05, 3.63) is 77.9 Å². The SMILES string of the molecule is COc1ccc(C(=O)N2CCC(NC(=O)c3cccc4ccccc34)CC2)cc1. The normalized spacial score (nSPS) is 14.6. The van der Waals surface area contributed by atoms with Gasteiger partial charge >= 0.3 is 0 Å². The summed E-state index contributed by atoms with van der Waals surface area (Å²) in [6, 6.07) is 20.9. The molecule has 1 heterocycles. The van der Waals surface area contributed by atoms with Gasteiger partial charge in [0.15, 0.2) is 0 Å². The van der Waals surface area contributed by atoms with Crippen LogP contribution in [-0.4, -0.2) is 43.0 Å². The van der Waals surface area contributed by atoms with Gasteiger partial charge in [-0.25, -0.2) is 0 Å². The van der Waals surface area contributed by atoms with Crippen LogP contribution in [0.25, 0.3) is 10.8 Å². The third kappa shape index (κ3) is 4.09. The van der Waals surface area contributed by atoms with Crippen LogP contribution in [0.1, 0.15) is 33.6 Å². The first kappa shape index (κ1) is 19.0. The lowest BCUT2D eigenvalue weighted by atomic mass is 10.0. The van der Waals surface area contributed by atoms with Gasteiger partial charge in [-0.3, -0.25) is 9.59 Å². The highest BCUT2D eigenvalue weighted by Crippen LogP contribution is 2.20. The number of benzene rings is 3. The van der Waals surface area contributed by atoms with E-state index in [2.05, 4.69) is 5.32 Å². The zero-order chi connectivity index (χ0) is 20.2. The number of nitrogens with zero attached hydrogens (tertiary/aromatic N) is 1. The van der Waals surface area contributed by atoms with Gasteiger partial charge in [0, 0.05) is 30.3 Å². The number of piperidine rings is 1. The number of nitrogens with one attached hydrogen (secondary N) is 1. The van der Waals surface area contributed by atoms with E-state index in [0.29, 0.717) is 24.2 Å². The fourth-order valence-corrected chi connectivity index (χ4v) is 3.83. The Balaban J connectivity index is 1.37. The van der Waals surface area contributed by atoms with Crippen LogP contribution in [0.3, 0.4) is 0 Å². The summed E-state index contributed by atoms with van der Waals surface area (Å²) in [5.74, 6) is 0.699. The minimum absolute atomic E-state index is 0.0199. The number of hydrogen-bond acceptors (Lipinski definition) is 3. The van der Waals surface area contributed by atoms with Crippen molar-refractivity contribution >= 4 is 22.6 Å². The third-order valence-electron chi connectivity index (χ3n) is 5.49. The van der Waals surface area contributed by atoms with Gasteiger partial charge in [0.05, 0.1) is 7.11 Å². The molecule has 1 saturated heterocycles. The Bertz CT molecular complexity index is 1020. The summed E-state index contributed by atoms with van der Waals surface area (Å²) in [6.07, 6.45) is 1.50. The lowest BCUT2D eigenvalue weighted by molar-refractivity contribution is 0.0698. The van der Waals surface area contributed by atoms with E-state index in [9.17, 15) is 9.59 Å². The van der Waals surface area contributed by atoms with Crippen molar-refractivity contribution < 1.29 is 14.3 Å². The molecular formula is C24H24N2O3. The van der Waals surface area contributed by atoms with Crippen LogP contribution in [0.2, 0.25) is 0 Å². The molecule has 1 fully saturated rings. The number of methoxy groups -OCH3 is 1. The molecule has 0 unspecified atom stereocenters. The van der Waals surface area contributed by atoms with Crippen molar-refractivity contribution in [1.82, 2.24) is 10.2 Å². The summed E-state index contributed by atoms with van der Waals surface area (Å²) in [4.78, 5) is 27.4. The van der Waals surface area contributed by atoms with Crippen molar-refractivity contribution in [3.63, 3.8) is 0 Å². The molecule has 0 aromatic heterocycles. The van der Waals surface area contributed by atoms with Crippen LogP contribution >= 0.6 is 0 Å².